The van der Waals surface area contributed by atoms with Crippen LogP contribution in [0.2, 0.25) is 0 Å². The number of hydrogen-bond acceptors (Lipinski definition) is 7. The molecule has 3 aromatic carbocycles. The largest absolute Gasteiger partial charge is 0.493 e. The maximum absolute atomic E-state index is 12.6. The fourth-order valence-electron chi connectivity index (χ4n) is 3.29. The van der Waals surface area contributed by atoms with Crippen LogP contribution in [0.15, 0.2) is 73.3 Å². The van der Waals surface area contributed by atoms with E-state index >= 15 is 0 Å². The van der Waals surface area contributed by atoms with Crippen LogP contribution in [0.25, 0.3) is 0 Å². The third-order valence-electron chi connectivity index (χ3n) is 5.20. The van der Waals surface area contributed by atoms with Crippen molar-refractivity contribution in [3.05, 3.63) is 101 Å². The summed E-state index contributed by atoms with van der Waals surface area (Å²) in [5.74, 6) is -0.0757. The van der Waals surface area contributed by atoms with E-state index in [0.29, 0.717) is 47.0 Å². The second-order valence-corrected chi connectivity index (χ2v) is 8.13. The lowest BCUT2D eigenvalue weighted by Gasteiger charge is -2.11. The Labute approximate surface area is 210 Å². The molecule has 0 atom stereocenters. The quantitative estimate of drug-likeness (QED) is 0.160. The van der Waals surface area contributed by atoms with E-state index in [4.69, 9.17) is 18.9 Å². The monoisotopic (exact) mass is 488 g/mol. The van der Waals surface area contributed by atoms with Crippen molar-refractivity contribution in [1.29, 1.82) is 0 Å². The highest BCUT2D eigenvalue weighted by Crippen LogP contribution is 2.24. The lowest BCUT2D eigenvalue weighted by atomic mass is 10.1. The van der Waals surface area contributed by atoms with Gasteiger partial charge in [0.2, 0.25) is 0 Å². The van der Waals surface area contributed by atoms with Crippen LogP contribution in [0, 0.1) is 20.8 Å². The van der Waals surface area contributed by atoms with Gasteiger partial charge >= 0.3 is 17.9 Å². The molecule has 186 valence electrons. The Hall–Kier alpha value is -4.39. The number of ether oxygens (including phenoxy) is 4. The fourth-order valence-corrected chi connectivity index (χ4v) is 3.29. The Morgan fingerprint density at radius 3 is 1.94 bits per heavy atom. The average molecular weight is 489 g/mol. The molecule has 0 radical (unpaired) electrons. The number of esters is 3. The van der Waals surface area contributed by atoms with Crippen LogP contribution in [0.4, 0.5) is 0 Å². The van der Waals surface area contributed by atoms with Crippen LogP contribution in [0.1, 0.15) is 43.8 Å². The maximum atomic E-state index is 12.6. The van der Waals surface area contributed by atoms with Crippen molar-refractivity contribution in [2.24, 2.45) is 0 Å². The molecule has 3 rings (SSSR count). The number of hydrogen-bond donors (Lipinski definition) is 0. The van der Waals surface area contributed by atoms with Crippen molar-refractivity contribution in [2.45, 2.75) is 27.2 Å². The zero-order valence-corrected chi connectivity index (χ0v) is 20.5. The summed E-state index contributed by atoms with van der Waals surface area (Å²) in [6, 6.07) is 16.9. The standard InChI is InChI=1S/C29H28O7/c1-5-27(30)34-16-6-15-33-24-11-8-22(9-12-24)28(31)35-26-14-10-23(18-21(26)4)29(32)36-25-13-7-19(2)17-20(25)3/h5,7-14,17-18H,1,6,15-16H2,2-4H3. The van der Waals surface area contributed by atoms with Gasteiger partial charge in [-0.25, -0.2) is 14.4 Å². The molecule has 36 heavy (non-hydrogen) atoms. The molecule has 0 fully saturated rings. The first-order valence-corrected chi connectivity index (χ1v) is 11.4. The van der Waals surface area contributed by atoms with Gasteiger partial charge in [0.15, 0.2) is 0 Å². The lowest BCUT2D eigenvalue weighted by Crippen LogP contribution is -2.12. The summed E-state index contributed by atoms with van der Waals surface area (Å²) in [7, 11) is 0. The van der Waals surface area contributed by atoms with Gasteiger partial charge in [-0.2, -0.15) is 0 Å². The molecular formula is C29H28O7. The van der Waals surface area contributed by atoms with E-state index in [0.717, 1.165) is 17.2 Å². The Morgan fingerprint density at radius 1 is 0.750 bits per heavy atom. The number of rotatable bonds is 10. The van der Waals surface area contributed by atoms with Crippen LogP contribution in [-0.2, 0) is 9.53 Å². The third kappa shape index (κ3) is 7.30. The number of benzene rings is 3. The second kappa shape index (κ2) is 12.4. The topological polar surface area (TPSA) is 88.1 Å². The van der Waals surface area contributed by atoms with Gasteiger partial charge in [0.25, 0.3) is 0 Å². The molecule has 7 nitrogen and oxygen atoms in total. The van der Waals surface area contributed by atoms with Crippen LogP contribution in [-0.4, -0.2) is 31.1 Å². The molecule has 0 aliphatic carbocycles. The van der Waals surface area contributed by atoms with Gasteiger partial charge < -0.3 is 18.9 Å². The molecule has 7 heteroatoms. The van der Waals surface area contributed by atoms with E-state index < -0.39 is 17.9 Å². The van der Waals surface area contributed by atoms with Crippen molar-refractivity contribution in [2.75, 3.05) is 13.2 Å². The van der Waals surface area contributed by atoms with Crippen LogP contribution >= 0.6 is 0 Å². The van der Waals surface area contributed by atoms with Crippen molar-refractivity contribution in [3.63, 3.8) is 0 Å². The number of carbonyl (C=O) groups excluding carboxylic acids is 3. The van der Waals surface area contributed by atoms with Crippen molar-refractivity contribution >= 4 is 17.9 Å². The summed E-state index contributed by atoms with van der Waals surface area (Å²) >= 11 is 0. The zero-order chi connectivity index (χ0) is 26.1. The van der Waals surface area contributed by atoms with E-state index in [1.807, 2.05) is 26.0 Å². The van der Waals surface area contributed by atoms with Gasteiger partial charge in [0.05, 0.1) is 24.3 Å². The Bertz CT molecular complexity index is 1260. The highest BCUT2D eigenvalue weighted by molar-refractivity contribution is 5.93. The minimum atomic E-state index is -0.536. The lowest BCUT2D eigenvalue weighted by molar-refractivity contribution is -0.137. The molecule has 0 saturated heterocycles. The summed E-state index contributed by atoms with van der Waals surface area (Å²) in [6.07, 6.45) is 1.63. The van der Waals surface area contributed by atoms with E-state index in [-0.39, 0.29) is 6.61 Å². The average Bonchev–Trinajstić information content (AvgIpc) is 2.86. The van der Waals surface area contributed by atoms with Gasteiger partial charge in [-0.3, -0.25) is 0 Å². The van der Waals surface area contributed by atoms with Gasteiger partial charge in [-0.05, 0) is 80.4 Å². The van der Waals surface area contributed by atoms with E-state index in [2.05, 4.69) is 6.58 Å². The molecule has 0 aliphatic rings. The summed E-state index contributed by atoms with van der Waals surface area (Å²) < 4.78 is 21.5. The molecule has 3 aromatic rings. The maximum Gasteiger partial charge on any atom is 0.343 e. The van der Waals surface area contributed by atoms with Gasteiger partial charge in [-0.15, -0.1) is 0 Å². The van der Waals surface area contributed by atoms with E-state index in [9.17, 15) is 14.4 Å². The summed E-state index contributed by atoms with van der Waals surface area (Å²) in [4.78, 5) is 36.1. The van der Waals surface area contributed by atoms with Crippen LogP contribution in [0.5, 0.6) is 17.2 Å². The molecular weight excluding hydrogens is 460 g/mol. The smallest absolute Gasteiger partial charge is 0.343 e. The number of aryl methyl sites for hydroxylation is 3. The van der Waals surface area contributed by atoms with Crippen LogP contribution in [0.3, 0.4) is 0 Å². The van der Waals surface area contributed by atoms with Gasteiger partial charge in [0, 0.05) is 12.5 Å². The van der Waals surface area contributed by atoms with Crippen LogP contribution < -0.4 is 14.2 Å². The van der Waals surface area contributed by atoms with Gasteiger partial charge in [0.1, 0.15) is 17.2 Å². The number of carbonyl (C=O) groups is 3. The summed E-state index contributed by atoms with van der Waals surface area (Å²) in [5, 5.41) is 0. The molecule has 0 aliphatic heterocycles. The minimum Gasteiger partial charge on any atom is -0.493 e. The zero-order valence-electron chi connectivity index (χ0n) is 20.5. The normalized spacial score (nSPS) is 10.3. The highest BCUT2D eigenvalue weighted by Gasteiger charge is 2.15. The molecule has 0 unspecified atom stereocenters. The molecule has 0 amide bonds. The molecule has 0 N–H and O–H groups in total. The molecule has 0 heterocycles. The molecule has 0 saturated carbocycles. The second-order valence-electron chi connectivity index (χ2n) is 8.13. The van der Waals surface area contributed by atoms with Crippen molar-refractivity contribution in [3.8, 4) is 17.2 Å². The predicted octanol–water partition coefficient (Wildman–Crippen LogP) is 5.55. The summed E-state index contributed by atoms with van der Waals surface area (Å²) in [5.41, 5.74) is 3.28. The first-order valence-electron chi connectivity index (χ1n) is 11.4. The van der Waals surface area contributed by atoms with E-state index in [1.54, 1.807) is 55.5 Å². The Kier molecular flexibility index (Phi) is 9.00. The highest BCUT2D eigenvalue weighted by atomic mass is 16.5. The fraction of sp³-hybridized carbons (Fsp3) is 0.207. The molecule has 0 aromatic heterocycles. The predicted molar refractivity (Wildman–Crippen MR) is 135 cm³/mol. The minimum absolute atomic E-state index is 0.233. The molecule has 0 spiro atoms. The van der Waals surface area contributed by atoms with E-state index in [1.165, 1.54) is 0 Å². The Morgan fingerprint density at radius 2 is 1.33 bits per heavy atom. The molecule has 0 bridgehead atoms. The summed E-state index contributed by atoms with van der Waals surface area (Å²) in [6.45, 7) is 9.52. The third-order valence-corrected chi connectivity index (χ3v) is 5.20. The Balaban J connectivity index is 1.54. The van der Waals surface area contributed by atoms with Crippen molar-refractivity contribution in [1.82, 2.24) is 0 Å². The SMILES string of the molecule is C=CC(=O)OCCCOc1ccc(C(=O)Oc2ccc(C(=O)Oc3ccc(C)cc3C)cc2C)cc1. The first kappa shape index (κ1) is 26.2. The van der Waals surface area contributed by atoms with Crippen molar-refractivity contribution < 1.29 is 33.3 Å². The first-order chi connectivity index (χ1) is 17.3. The van der Waals surface area contributed by atoms with Gasteiger partial charge in [-0.1, -0.05) is 24.3 Å².